The lowest BCUT2D eigenvalue weighted by Crippen LogP contribution is -2.09. The minimum atomic E-state index is 0.221. The Morgan fingerprint density at radius 1 is 1.27 bits per heavy atom. The molecule has 84 valence electrons. The van der Waals surface area contributed by atoms with Crippen molar-refractivity contribution < 1.29 is 4.74 Å². The van der Waals surface area contributed by atoms with Crippen LogP contribution in [0.3, 0.4) is 0 Å². The van der Waals surface area contributed by atoms with Gasteiger partial charge in [0.2, 0.25) is 0 Å². The van der Waals surface area contributed by atoms with Crippen molar-refractivity contribution in [1.29, 1.82) is 0 Å². The third-order valence-corrected chi connectivity index (χ3v) is 2.10. The van der Waals surface area contributed by atoms with Gasteiger partial charge in [0.1, 0.15) is 5.75 Å². The van der Waals surface area contributed by atoms with Gasteiger partial charge in [0.05, 0.1) is 11.8 Å². The van der Waals surface area contributed by atoms with E-state index in [4.69, 9.17) is 4.74 Å². The van der Waals surface area contributed by atoms with Crippen LogP contribution in [0.15, 0.2) is 24.3 Å². The highest BCUT2D eigenvalue weighted by atomic mass is 16.5. The molecule has 0 atom stereocenters. The Kier molecular flexibility index (Phi) is 5.02. The SMILES string of the molecule is CCCCNc1ccccc1OC(C)C. The standard InChI is InChI=1S/C13H21NO/c1-4-5-10-14-12-8-6-7-9-13(12)15-11(2)3/h6-9,11,14H,4-5,10H2,1-3H3. The van der Waals surface area contributed by atoms with E-state index in [9.17, 15) is 0 Å². The van der Waals surface area contributed by atoms with Gasteiger partial charge in [-0.1, -0.05) is 25.5 Å². The Morgan fingerprint density at radius 2 is 2.00 bits per heavy atom. The zero-order valence-electron chi connectivity index (χ0n) is 9.92. The highest BCUT2D eigenvalue weighted by molar-refractivity contribution is 5.56. The lowest BCUT2D eigenvalue weighted by Gasteiger charge is -2.15. The van der Waals surface area contributed by atoms with E-state index in [1.165, 1.54) is 12.8 Å². The lowest BCUT2D eigenvalue weighted by molar-refractivity contribution is 0.243. The topological polar surface area (TPSA) is 21.3 Å². The summed E-state index contributed by atoms with van der Waals surface area (Å²) in [6.45, 7) is 7.29. The zero-order chi connectivity index (χ0) is 11.1. The number of ether oxygens (including phenoxy) is 1. The lowest BCUT2D eigenvalue weighted by atomic mass is 10.2. The van der Waals surface area contributed by atoms with Crippen molar-refractivity contribution in [2.75, 3.05) is 11.9 Å². The van der Waals surface area contributed by atoms with Crippen LogP contribution >= 0.6 is 0 Å². The normalized spacial score (nSPS) is 10.4. The Hall–Kier alpha value is -1.18. The number of hydrogen-bond acceptors (Lipinski definition) is 2. The van der Waals surface area contributed by atoms with Crippen LogP contribution in [0.5, 0.6) is 5.75 Å². The second kappa shape index (κ2) is 6.33. The molecule has 0 fully saturated rings. The van der Waals surface area contributed by atoms with Crippen molar-refractivity contribution in [2.45, 2.75) is 39.7 Å². The molecule has 0 heterocycles. The summed E-state index contributed by atoms with van der Waals surface area (Å²) in [5.41, 5.74) is 1.10. The minimum Gasteiger partial charge on any atom is -0.489 e. The molecule has 0 spiro atoms. The number of benzene rings is 1. The van der Waals surface area contributed by atoms with Crippen molar-refractivity contribution in [2.24, 2.45) is 0 Å². The summed E-state index contributed by atoms with van der Waals surface area (Å²) in [6.07, 6.45) is 2.62. The zero-order valence-corrected chi connectivity index (χ0v) is 9.92. The van der Waals surface area contributed by atoms with Crippen molar-refractivity contribution in [3.05, 3.63) is 24.3 Å². The fraction of sp³-hybridized carbons (Fsp3) is 0.538. The molecule has 0 aromatic heterocycles. The first-order valence-corrected chi connectivity index (χ1v) is 5.73. The molecule has 0 amide bonds. The number of anilines is 1. The minimum absolute atomic E-state index is 0.221. The molecule has 0 saturated carbocycles. The molecule has 0 aliphatic rings. The third-order valence-electron chi connectivity index (χ3n) is 2.10. The van der Waals surface area contributed by atoms with Crippen molar-refractivity contribution in [3.63, 3.8) is 0 Å². The Balaban J connectivity index is 2.60. The third kappa shape index (κ3) is 4.24. The quantitative estimate of drug-likeness (QED) is 0.718. The molecule has 2 heteroatoms. The predicted octanol–water partition coefficient (Wildman–Crippen LogP) is 3.69. The fourth-order valence-corrected chi connectivity index (χ4v) is 1.37. The first kappa shape index (κ1) is 11.9. The van der Waals surface area contributed by atoms with Crippen LogP contribution in [0, 0.1) is 0 Å². The molecule has 2 nitrogen and oxygen atoms in total. The number of para-hydroxylation sites is 2. The van der Waals surface area contributed by atoms with E-state index in [0.717, 1.165) is 18.0 Å². The van der Waals surface area contributed by atoms with Gasteiger partial charge in [-0.3, -0.25) is 0 Å². The molecule has 0 aliphatic heterocycles. The summed E-state index contributed by atoms with van der Waals surface area (Å²) in [6, 6.07) is 8.10. The Morgan fingerprint density at radius 3 is 2.67 bits per heavy atom. The largest absolute Gasteiger partial charge is 0.489 e. The first-order valence-electron chi connectivity index (χ1n) is 5.73. The molecule has 15 heavy (non-hydrogen) atoms. The smallest absolute Gasteiger partial charge is 0.142 e. The van der Waals surface area contributed by atoms with Gasteiger partial charge in [0, 0.05) is 6.54 Å². The van der Waals surface area contributed by atoms with Gasteiger partial charge in [-0.25, -0.2) is 0 Å². The van der Waals surface area contributed by atoms with E-state index in [0.29, 0.717) is 0 Å². The van der Waals surface area contributed by atoms with E-state index in [1.807, 2.05) is 32.0 Å². The van der Waals surface area contributed by atoms with E-state index < -0.39 is 0 Å². The molecule has 1 N–H and O–H groups in total. The highest BCUT2D eigenvalue weighted by Gasteiger charge is 2.03. The van der Waals surface area contributed by atoms with Crippen molar-refractivity contribution in [3.8, 4) is 5.75 Å². The van der Waals surface area contributed by atoms with Crippen LogP contribution in [0.4, 0.5) is 5.69 Å². The maximum atomic E-state index is 5.71. The summed E-state index contributed by atoms with van der Waals surface area (Å²) in [5.74, 6) is 0.948. The summed E-state index contributed by atoms with van der Waals surface area (Å²) >= 11 is 0. The van der Waals surface area contributed by atoms with E-state index in [1.54, 1.807) is 0 Å². The van der Waals surface area contributed by atoms with E-state index in [2.05, 4.69) is 18.3 Å². The fourth-order valence-electron chi connectivity index (χ4n) is 1.37. The Bertz CT molecular complexity index is 284. The van der Waals surface area contributed by atoms with Gasteiger partial charge in [0.25, 0.3) is 0 Å². The Labute approximate surface area is 92.6 Å². The molecule has 0 radical (unpaired) electrons. The van der Waals surface area contributed by atoms with Gasteiger partial charge in [-0.2, -0.15) is 0 Å². The van der Waals surface area contributed by atoms with Gasteiger partial charge >= 0.3 is 0 Å². The summed E-state index contributed by atoms with van der Waals surface area (Å²) in [7, 11) is 0. The van der Waals surface area contributed by atoms with Gasteiger partial charge in [-0.05, 0) is 32.4 Å². The van der Waals surface area contributed by atoms with Crippen LogP contribution in [0.1, 0.15) is 33.6 Å². The summed E-state index contributed by atoms with van der Waals surface area (Å²) in [5, 5.41) is 3.39. The highest BCUT2D eigenvalue weighted by Crippen LogP contribution is 2.24. The maximum Gasteiger partial charge on any atom is 0.142 e. The molecular weight excluding hydrogens is 186 g/mol. The van der Waals surface area contributed by atoms with Crippen LogP contribution in [0.25, 0.3) is 0 Å². The number of nitrogens with one attached hydrogen (secondary N) is 1. The molecule has 0 aliphatic carbocycles. The summed E-state index contributed by atoms with van der Waals surface area (Å²) in [4.78, 5) is 0. The number of hydrogen-bond donors (Lipinski definition) is 1. The molecule has 1 aromatic carbocycles. The average Bonchev–Trinajstić information content (AvgIpc) is 2.20. The van der Waals surface area contributed by atoms with Crippen molar-refractivity contribution in [1.82, 2.24) is 0 Å². The number of rotatable bonds is 6. The van der Waals surface area contributed by atoms with Crippen LogP contribution in [0.2, 0.25) is 0 Å². The molecule has 0 unspecified atom stereocenters. The van der Waals surface area contributed by atoms with Crippen LogP contribution < -0.4 is 10.1 Å². The van der Waals surface area contributed by atoms with E-state index >= 15 is 0 Å². The molecule has 1 rings (SSSR count). The molecular formula is C13H21NO. The second-order valence-electron chi connectivity index (χ2n) is 3.94. The second-order valence-corrected chi connectivity index (χ2v) is 3.94. The van der Waals surface area contributed by atoms with Gasteiger partial charge in [0.15, 0.2) is 0 Å². The monoisotopic (exact) mass is 207 g/mol. The average molecular weight is 207 g/mol. The van der Waals surface area contributed by atoms with Gasteiger partial charge < -0.3 is 10.1 Å². The van der Waals surface area contributed by atoms with Crippen LogP contribution in [-0.2, 0) is 0 Å². The molecule has 0 bridgehead atoms. The van der Waals surface area contributed by atoms with E-state index in [-0.39, 0.29) is 6.10 Å². The first-order chi connectivity index (χ1) is 7.24. The van der Waals surface area contributed by atoms with Crippen LogP contribution in [-0.4, -0.2) is 12.6 Å². The van der Waals surface area contributed by atoms with Crippen molar-refractivity contribution >= 4 is 5.69 Å². The number of unbranched alkanes of at least 4 members (excludes halogenated alkanes) is 1. The summed E-state index contributed by atoms with van der Waals surface area (Å²) < 4.78 is 5.71. The van der Waals surface area contributed by atoms with Gasteiger partial charge in [-0.15, -0.1) is 0 Å². The molecule has 1 aromatic rings. The maximum absolute atomic E-state index is 5.71. The molecule has 0 saturated heterocycles. The predicted molar refractivity (Wildman–Crippen MR) is 65.6 cm³/mol.